The van der Waals surface area contributed by atoms with Crippen LogP contribution >= 0.6 is 0 Å². The average Bonchev–Trinajstić information content (AvgIpc) is 3.33. The number of hydrogen-bond acceptors (Lipinski definition) is 5. The van der Waals surface area contributed by atoms with Gasteiger partial charge in [0.15, 0.2) is 0 Å². The lowest BCUT2D eigenvalue weighted by molar-refractivity contribution is -0.121. The number of nitrogens with one attached hydrogen (secondary N) is 2. The highest BCUT2D eigenvalue weighted by atomic mass is 19.1. The Morgan fingerprint density at radius 3 is 2.20 bits per heavy atom. The first-order chi connectivity index (χ1) is 16.9. The Hall–Kier alpha value is -4.40. The highest BCUT2D eigenvalue weighted by Gasteiger charge is 2.14. The summed E-state index contributed by atoms with van der Waals surface area (Å²) in [5, 5.41) is 9.53. The van der Waals surface area contributed by atoms with Crippen molar-refractivity contribution in [1.29, 1.82) is 0 Å². The number of nitrogens with zero attached hydrogens (tertiary/aromatic N) is 2. The van der Waals surface area contributed by atoms with Gasteiger partial charge in [0.05, 0.1) is 6.04 Å². The monoisotopic (exact) mass is 476 g/mol. The molecule has 0 bridgehead atoms. The van der Waals surface area contributed by atoms with Gasteiger partial charge in [-0.25, -0.2) is 8.78 Å². The highest BCUT2D eigenvalue weighted by molar-refractivity contribution is 6.04. The molecule has 178 valence electrons. The van der Waals surface area contributed by atoms with Crippen molar-refractivity contribution >= 4 is 17.5 Å². The van der Waals surface area contributed by atoms with Gasteiger partial charge in [0, 0.05) is 29.7 Å². The summed E-state index contributed by atoms with van der Waals surface area (Å²) >= 11 is 0. The van der Waals surface area contributed by atoms with E-state index in [4.69, 9.17) is 4.52 Å². The number of amides is 2. The van der Waals surface area contributed by atoms with Crippen LogP contribution in [0, 0.1) is 11.6 Å². The van der Waals surface area contributed by atoms with Crippen LogP contribution in [0.4, 0.5) is 14.5 Å². The molecule has 3 aromatic carbocycles. The van der Waals surface area contributed by atoms with E-state index in [2.05, 4.69) is 20.8 Å². The van der Waals surface area contributed by atoms with Crippen LogP contribution in [0.15, 0.2) is 77.3 Å². The Kier molecular flexibility index (Phi) is 7.25. The van der Waals surface area contributed by atoms with Gasteiger partial charge >= 0.3 is 0 Å². The van der Waals surface area contributed by atoms with E-state index in [0.717, 1.165) is 5.56 Å². The number of carbonyl (C=O) groups excluding carboxylic acids is 2. The Labute approximate surface area is 200 Å². The SMILES string of the molecule is CC(NC(=O)CCc1nc(-c2ccc(F)cc2)no1)c1ccc(NC(=O)c2ccc(F)cc2)cc1. The molecule has 0 spiro atoms. The van der Waals surface area contributed by atoms with Crippen LogP contribution in [0.2, 0.25) is 0 Å². The molecule has 1 unspecified atom stereocenters. The van der Waals surface area contributed by atoms with Gasteiger partial charge in [-0.2, -0.15) is 4.98 Å². The molecule has 0 radical (unpaired) electrons. The number of anilines is 1. The van der Waals surface area contributed by atoms with E-state index in [1.54, 1.807) is 36.4 Å². The number of carbonyl (C=O) groups is 2. The predicted octanol–water partition coefficient (Wildman–Crippen LogP) is 5.08. The first kappa shape index (κ1) is 23.7. The molecule has 1 heterocycles. The van der Waals surface area contributed by atoms with Gasteiger partial charge < -0.3 is 15.2 Å². The van der Waals surface area contributed by atoms with Crippen LogP contribution in [0.1, 0.15) is 41.2 Å². The van der Waals surface area contributed by atoms with Gasteiger partial charge in [-0.05, 0) is 73.2 Å². The van der Waals surface area contributed by atoms with Crippen molar-refractivity contribution in [2.45, 2.75) is 25.8 Å². The van der Waals surface area contributed by atoms with E-state index in [0.29, 0.717) is 28.5 Å². The second-order valence-corrected chi connectivity index (χ2v) is 7.89. The molecule has 0 aliphatic rings. The van der Waals surface area contributed by atoms with E-state index in [9.17, 15) is 18.4 Å². The third-order valence-electron chi connectivity index (χ3n) is 5.29. The molecule has 4 rings (SSSR count). The molecular weight excluding hydrogens is 454 g/mol. The Morgan fingerprint density at radius 1 is 0.914 bits per heavy atom. The summed E-state index contributed by atoms with van der Waals surface area (Å²) in [6, 6.07) is 17.8. The summed E-state index contributed by atoms with van der Waals surface area (Å²) in [5.74, 6) is -0.648. The van der Waals surface area contributed by atoms with Crippen molar-refractivity contribution in [2.24, 2.45) is 0 Å². The molecule has 4 aromatic rings. The van der Waals surface area contributed by atoms with Crippen molar-refractivity contribution in [3.8, 4) is 11.4 Å². The van der Waals surface area contributed by atoms with E-state index < -0.39 is 5.82 Å². The zero-order valence-electron chi connectivity index (χ0n) is 18.8. The highest BCUT2D eigenvalue weighted by Crippen LogP contribution is 2.19. The maximum Gasteiger partial charge on any atom is 0.255 e. The third kappa shape index (κ3) is 6.35. The molecule has 1 atom stereocenters. The van der Waals surface area contributed by atoms with E-state index in [-0.39, 0.29) is 36.5 Å². The van der Waals surface area contributed by atoms with Crippen LogP contribution in [0.25, 0.3) is 11.4 Å². The van der Waals surface area contributed by atoms with E-state index in [1.807, 2.05) is 6.92 Å². The van der Waals surface area contributed by atoms with Crippen LogP contribution in [0.5, 0.6) is 0 Å². The van der Waals surface area contributed by atoms with Gasteiger partial charge in [0.25, 0.3) is 5.91 Å². The second kappa shape index (κ2) is 10.7. The van der Waals surface area contributed by atoms with Crippen LogP contribution in [-0.4, -0.2) is 22.0 Å². The number of halogens is 2. The zero-order valence-corrected chi connectivity index (χ0v) is 18.8. The lowest BCUT2D eigenvalue weighted by Gasteiger charge is -2.15. The third-order valence-corrected chi connectivity index (χ3v) is 5.29. The van der Waals surface area contributed by atoms with Gasteiger partial charge in [0.1, 0.15) is 11.6 Å². The molecule has 0 fully saturated rings. The molecule has 2 N–H and O–H groups in total. The van der Waals surface area contributed by atoms with E-state index in [1.165, 1.54) is 36.4 Å². The van der Waals surface area contributed by atoms with Crippen molar-refractivity contribution < 1.29 is 22.9 Å². The first-order valence-electron chi connectivity index (χ1n) is 10.9. The van der Waals surface area contributed by atoms with Gasteiger partial charge in [-0.15, -0.1) is 0 Å². The Bertz CT molecular complexity index is 1300. The maximum atomic E-state index is 13.1. The van der Waals surface area contributed by atoms with Gasteiger partial charge in [-0.1, -0.05) is 17.3 Å². The van der Waals surface area contributed by atoms with Gasteiger partial charge in [0.2, 0.25) is 17.6 Å². The van der Waals surface area contributed by atoms with Crippen molar-refractivity contribution in [3.05, 3.63) is 101 Å². The summed E-state index contributed by atoms with van der Waals surface area (Å²) < 4.78 is 31.3. The van der Waals surface area contributed by atoms with Crippen molar-refractivity contribution in [3.63, 3.8) is 0 Å². The summed E-state index contributed by atoms with van der Waals surface area (Å²) in [7, 11) is 0. The summed E-state index contributed by atoms with van der Waals surface area (Å²) in [6.07, 6.45) is 0.419. The van der Waals surface area contributed by atoms with Crippen LogP contribution in [0.3, 0.4) is 0 Å². The summed E-state index contributed by atoms with van der Waals surface area (Å²) in [4.78, 5) is 28.9. The molecule has 0 saturated carbocycles. The number of benzene rings is 3. The summed E-state index contributed by atoms with van der Waals surface area (Å²) in [6.45, 7) is 1.85. The molecule has 9 heteroatoms. The van der Waals surface area contributed by atoms with E-state index >= 15 is 0 Å². The summed E-state index contributed by atoms with van der Waals surface area (Å²) in [5.41, 5.74) is 2.41. The first-order valence-corrected chi connectivity index (χ1v) is 10.9. The van der Waals surface area contributed by atoms with Crippen LogP contribution < -0.4 is 10.6 Å². The molecule has 1 aromatic heterocycles. The zero-order chi connectivity index (χ0) is 24.8. The fraction of sp³-hybridized carbons (Fsp3) is 0.154. The predicted molar refractivity (Wildman–Crippen MR) is 125 cm³/mol. The number of aryl methyl sites for hydroxylation is 1. The molecule has 2 amide bonds. The van der Waals surface area contributed by atoms with Gasteiger partial charge in [-0.3, -0.25) is 9.59 Å². The minimum absolute atomic E-state index is 0.154. The molecule has 7 nitrogen and oxygen atoms in total. The largest absolute Gasteiger partial charge is 0.350 e. The number of rotatable bonds is 8. The smallest absolute Gasteiger partial charge is 0.255 e. The minimum atomic E-state index is -0.409. The fourth-order valence-corrected chi connectivity index (χ4v) is 3.35. The minimum Gasteiger partial charge on any atom is -0.350 e. The number of aromatic nitrogens is 2. The normalized spacial score (nSPS) is 11.6. The van der Waals surface area contributed by atoms with Crippen molar-refractivity contribution in [1.82, 2.24) is 15.5 Å². The molecule has 0 aliphatic carbocycles. The average molecular weight is 476 g/mol. The Balaban J connectivity index is 1.26. The molecule has 0 aliphatic heterocycles. The standard InChI is InChI=1S/C26H22F2N4O3/c1-16(17-6-12-22(13-7-17)30-26(34)19-4-10-21(28)11-5-19)29-23(33)14-15-24-31-25(32-35-24)18-2-8-20(27)9-3-18/h2-13,16H,14-15H2,1H3,(H,29,33)(H,30,34). The molecular formula is C26H22F2N4O3. The lowest BCUT2D eigenvalue weighted by atomic mass is 10.1. The molecule has 0 saturated heterocycles. The molecule has 35 heavy (non-hydrogen) atoms. The van der Waals surface area contributed by atoms with Crippen LogP contribution in [-0.2, 0) is 11.2 Å². The maximum absolute atomic E-state index is 13.1. The number of hydrogen-bond donors (Lipinski definition) is 2. The lowest BCUT2D eigenvalue weighted by Crippen LogP contribution is -2.26. The Morgan fingerprint density at radius 2 is 1.54 bits per heavy atom. The topological polar surface area (TPSA) is 97.1 Å². The van der Waals surface area contributed by atoms with Crippen molar-refractivity contribution in [2.75, 3.05) is 5.32 Å². The second-order valence-electron chi connectivity index (χ2n) is 7.89. The fourth-order valence-electron chi connectivity index (χ4n) is 3.35. The quantitative estimate of drug-likeness (QED) is 0.370.